The van der Waals surface area contributed by atoms with Gasteiger partial charge in [-0.3, -0.25) is 9.59 Å². The molecule has 2 aromatic rings. The molecule has 5 nitrogen and oxygen atoms in total. The summed E-state index contributed by atoms with van der Waals surface area (Å²) in [6, 6.07) is 12.4. The van der Waals surface area contributed by atoms with Crippen molar-refractivity contribution >= 4 is 23.4 Å². The third-order valence-electron chi connectivity index (χ3n) is 6.91. The van der Waals surface area contributed by atoms with Crippen LogP contribution >= 0.6 is 11.6 Å². The number of carbonyl (C=O) groups excluding carboxylic acids is 2. The molecule has 0 spiro atoms. The number of rotatable bonds is 8. The summed E-state index contributed by atoms with van der Waals surface area (Å²) in [4.78, 5) is 25.3. The zero-order valence-electron chi connectivity index (χ0n) is 18.9. The quantitative estimate of drug-likeness (QED) is 0.578. The maximum Gasteiger partial charge on any atom is 0.258 e. The third-order valence-corrected chi connectivity index (χ3v) is 7.22. The van der Waals surface area contributed by atoms with Crippen molar-refractivity contribution in [2.75, 3.05) is 6.61 Å². The Morgan fingerprint density at radius 3 is 2.48 bits per heavy atom. The highest BCUT2D eigenvalue weighted by Gasteiger charge is 2.48. The van der Waals surface area contributed by atoms with Crippen molar-refractivity contribution in [3.8, 4) is 5.75 Å². The van der Waals surface area contributed by atoms with Crippen LogP contribution < -0.4 is 15.4 Å². The lowest BCUT2D eigenvalue weighted by molar-refractivity contribution is -0.136. The molecule has 0 radical (unpaired) electrons. The molecule has 2 unspecified atom stereocenters. The predicted molar refractivity (Wildman–Crippen MR) is 126 cm³/mol. The van der Waals surface area contributed by atoms with Gasteiger partial charge in [0.1, 0.15) is 11.6 Å². The van der Waals surface area contributed by atoms with Gasteiger partial charge in [0, 0.05) is 24.6 Å². The molecule has 3 aliphatic carbocycles. The van der Waals surface area contributed by atoms with Gasteiger partial charge in [0.2, 0.25) is 5.91 Å². The van der Waals surface area contributed by atoms with E-state index >= 15 is 0 Å². The molecule has 2 amide bonds. The molecule has 7 heteroatoms. The van der Waals surface area contributed by atoms with E-state index in [0.717, 1.165) is 24.5 Å². The van der Waals surface area contributed by atoms with Crippen molar-refractivity contribution in [2.24, 2.45) is 17.8 Å². The summed E-state index contributed by atoms with van der Waals surface area (Å²) in [5.41, 5.74) is 2.36. The van der Waals surface area contributed by atoms with Crippen LogP contribution in [-0.2, 0) is 16.1 Å². The van der Waals surface area contributed by atoms with Crippen molar-refractivity contribution < 1.29 is 18.7 Å². The van der Waals surface area contributed by atoms with Gasteiger partial charge >= 0.3 is 0 Å². The first-order chi connectivity index (χ1) is 15.8. The summed E-state index contributed by atoms with van der Waals surface area (Å²) in [6.07, 6.45) is 2.54. The van der Waals surface area contributed by atoms with Crippen LogP contribution in [0.15, 0.2) is 42.5 Å². The number of amides is 2. The predicted octanol–water partition coefficient (Wildman–Crippen LogP) is 4.83. The summed E-state index contributed by atoms with van der Waals surface area (Å²) in [7, 11) is 0. The van der Waals surface area contributed by atoms with E-state index in [4.69, 9.17) is 16.3 Å². The van der Waals surface area contributed by atoms with E-state index in [1.807, 2.05) is 0 Å². The Labute approximate surface area is 199 Å². The minimum Gasteiger partial charge on any atom is -0.484 e. The number of hydrogen-bond donors (Lipinski definition) is 2. The molecular formula is C26H30ClFN2O3. The second-order valence-corrected chi connectivity index (χ2v) is 9.89. The van der Waals surface area contributed by atoms with Gasteiger partial charge in [0.15, 0.2) is 6.61 Å². The topological polar surface area (TPSA) is 67.4 Å². The Balaban J connectivity index is 1.26. The summed E-state index contributed by atoms with van der Waals surface area (Å²) in [6.45, 7) is 4.61. The van der Waals surface area contributed by atoms with Crippen molar-refractivity contribution in [2.45, 2.75) is 51.6 Å². The summed E-state index contributed by atoms with van der Waals surface area (Å²) >= 11 is 5.66. The lowest BCUT2D eigenvalue weighted by Gasteiger charge is -2.50. The SMILES string of the molecule is CC(C)c1ccc(CNC(=O)C2CC(NC(=O)COc3ccc(Cl)c(F)c3)C3CC2C3)cc1. The van der Waals surface area contributed by atoms with Crippen molar-refractivity contribution in [1.82, 2.24) is 10.6 Å². The fourth-order valence-corrected chi connectivity index (χ4v) is 4.94. The molecule has 2 aromatic carbocycles. The van der Waals surface area contributed by atoms with E-state index in [-0.39, 0.29) is 41.2 Å². The van der Waals surface area contributed by atoms with Crippen LogP contribution in [0.4, 0.5) is 4.39 Å². The number of ether oxygens (including phenoxy) is 1. The van der Waals surface area contributed by atoms with Crippen LogP contribution in [0.1, 0.15) is 50.2 Å². The smallest absolute Gasteiger partial charge is 0.258 e. The number of halogens is 2. The van der Waals surface area contributed by atoms with Crippen LogP contribution in [0, 0.1) is 23.6 Å². The Morgan fingerprint density at radius 1 is 1.09 bits per heavy atom. The van der Waals surface area contributed by atoms with Crippen molar-refractivity contribution in [3.05, 3.63) is 64.4 Å². The highest BCUT2D eigenvalue weighted by molar-refractivity contribution is 6.30. The van der Waals surface area contributed by atoms with Gasteiger partial charge in [-0.05, 0) is 60.3 Å². The molecule has 0 aliphatic heterocycles. The van der Waals surface area contributed by atoms with Gasteiger partial charge in [-0.25, -0.2) is 4.39 Å². The Morgan fingerprint density at radius 2 is 1.82 bits per heavy atom. The average Bonchev–Trinajstić information content (AvgIpc) is 2.77. The van der Waals surface area contributed by atoms with Gasteiger partial charge in [-0.1, -0.05) is 49.7 Å². The van der Waals surface area contributed by atoms with E-state index < -0.39 is 5.82 Å². The molecule has 0 saturated heterocycles. The lowest BCUT2D eigenvalue weighted by Crippen LogP contribution is -2.56. The first kappa shape index (κ1) is 23.6. The molecule has 33 heavy (non-hydrogen) atoms. The van der Waals surface area contributed by atoms with E-state index in [0.29, 0.717) is 30.7 Å². The number of carbonyl (C=O) groups is 2. The fourth-order valence-electron chi connectivity index (χ4n) is 4.83. The number of hydrogen-bond acceptors (Lipinski definition) is 3. The van der Waals surface area contributed by atoms with E-state index in [2.05, 4.69) is 48.7 Å². The number of fused-ring (bicyclic) bond motifs is 2. The molecule has 3 aliphatic rings. The van der Waals surface area contributed by atoms with E-state index in [9.17, 15) is 14.0 Å². The maximum atomic E-state index is 13.5. The minimum atomic E-state index is -0.591. The van der Waals surface area contributed by atoms with Crippen LogP contribution in [0.2, 0.25) is 5.02 Å². The Kier molecular flexibility index (Phi) is 7.23. The molecule has 0 heterocycles. The largest absolute Gasteiger partial charge is 0.484 e. The molecule has 176 valence electrons. The monoisotopic (exact) mass is 472 g/mol. The molecule has 2 atom stereocenters. The van der Waals surface area contributed by atoms with Crippen LogP contribution in [-0.4, -0.2) is 24.5 Å². The van der Waals surface area contributed by atoms with Crippen molar-refractivity contribution in [1.29, 1.82) is 0 Å². The van der Waals surface area contributed by atoms with Gasteiger partial charge in [-0.15, -0.1) is 0 Å². The third kappa shape index (κ3) is 5.67. The fraction of sp³-hybridized carbons (Fsp3) is 0.462. The zero-order valence-corrected chi connectivity index (χ0v) is 19.7. The van der Waals surface area contributed by atoms with Crippen LogP contribution in [0.25, 0.3) is 0 Å². The first-order valence-electron chi connectivity index (χ1n) is 11.5. The standard InChI is InChI=1S/C26H30ClFN2O3/c1-15(2)17-5-3-16(4-6-17)13-29-26(32)21-12-24(19-9-18(21)10-19)30-25(31)14-33-20-7-8-22(27)23(28)11-20/h3-8,11,15,18-19,21,24H,9-10,12-14H2,1-2H3,(H,29,32)(H,30,31). The molecule has 2 N–H and O–H groups in total. The van der Waals surface area contributed by atoms with Crippen LogP contribution in [0.3, 0.4) is 0 Å². The maximum absolute atomic E-state index is 13.5. The molecule has 3 fully saturated rings. The lowest BCUT2D eigenvalue weighted by atomic mass is 9.57. The van der Waals surface area contributed by atoms with Gasteiger partial charge in [0.25, 0.3) is 5.91 Å². The van der Waals surface area contributed by atoms with Gasteiger partial charge in [0.05, 0.1) is 5.02 Å². The summed E-state index contributed by atoms with van der Waals surface area (Å²) in [5.74, 6) is 0.613. The molecule has 2 bridgehead atoms. The van der Waals surface area contributed by atoms with E-state index in [1.165, 1.54) is 17.7 Å². The molecule has 5 rings (SSSR count). The highest BCUT2D eigenvalue weighted by atomic mass is 35.5. The van der Waals surface area contributed by atoms with E-state index in [1.54, 1.807) is 0 Å². The first-order valence-corrected chi connectivity index (χ1v) is 11.9. The van der Waals surface area contributed by atoms with Crippen molar-refractivity contribution in [3.63, 3.8) is 0 Å². The Hall–Kier alpha value is -2.60. The number of benzene rings is 2. The second-order valence-electron chi connectivity index (χ2n) is 9.49. The minimum absolute atomic E-state index is 0.00503. The second kappa shape index (κ2) is 10.1. The average molecular weight is 473 g/mol. The number of nitrogens with one attached hydrogen (secondary N) is 2. The molecule has 0 aromatic heterocycles. The van der Waals surface area contributed by atoms with Gasteiger partial charge in [-0.2, -0.15) is 0 Å². The molecular weight excluding hydrogens is 443 g/mol. The highest BCUT2D eigenvalue weighted by Crippen LogP contribution is 2.49. The normalized spacial score (nSPS) is 23.5. The molecule has 3 saturated carbocycles. The zero-order chi connectivity index (χ0) is 23.5. The Bertz CT molecular complexity index is 1010. The van der Waals surface area contributed by atoms with Gasteiger partial charge < -0.3 is 15.4 Å². The summed E-state index contributed by atoms with van der Waals surface area (Å²) in [5, 5.41) is 6.10. The summed E-state index contributed by atoms with van der Waals surface area (Å²) < 4.78 is 18.9. The van der Waals surface area contributed by atoms with Crippen LogP contribution in [0.5, 0.6) is 5.75 Å².